The van der Waals surface area contributed by atoms with Crippen LogP contribution in [-0.4, -0.2) is 41.4 Å². The zero-order chi connectivity index (χ0) is 20.1. The van der Waals surface area contributed by atoms with Crippen molar-refractivity contribution in [2.75, 3.05) is 20.8 Å². The van der Waals surface area contributed by atoms with Gasteiger partial charge in [0.1, 0.15) is 18.2 Å². The van der Waals surface area contributed by atoms with Crippen molar-refractivity contribution in [3.63, 3.8) is 0 Å². The Morgan fingerprint density at radius 1 is 1.14 bits per heavy atom. The van der Waals surface area contributed by atoms with Crippen molar-refractivity contribution in [2.45, 2.75) is 20.1 Å². The maximum atomic E-state index is 12.3. The summed E-state index contributed by atoms with van der Waals surface area (Å²) < 4.78 is 22.1. The van der Waals surface area contributed by atoms with Gasteiger partial charge in [0.15, 0.2) is 11.5 Å². The van der Waals surface area contributed by atoms with Gasteiger partial charge in [-0.25, -0.2) is 9.78 Å². The van der Waals surface area contributed by atoms with Crippen LogP contribution in [0.2, 0.25) is 0 Å². The highest BCUT2D eigenvalue weighted by Crippen LogP contribution is 2.27. The lowest BCUT2D eigenvalue weighted by atomic mass is 10.2. The highest BCUT2D eigenvalue weighted by atomic mass is 32.1. The molecule has 148 valence electrons. The average Bonchev–Trinajstić information content (AvgIpc) is 3.13. The number of aromatic nitrogens is 3. The molecule has 0 amide bonds. The van der Waals surface area contributed by atoms with E-state index >= 15 is 0 Å². The van der Waals surface area contributed by atoms with Crippen molar-refractivity contribution in [1.82, 2.24) is 14.6 Å². The number of hydrogen-bond donors (Lipinski definition) is 0. The summed E-state index contributed by atoms with van der Waals surface area (Å²) >= 11 is 1.25. The Morgan fingerprint density at radius 3 is 2.64 bits per heavy atom. The maximum absolute atomic E-state index is 12.3. The number of carbonyl (C=O) groups is 1. The Balaban J connectivity index is 1.74. The molecule has 0 unspecified atom stereocenters. The molecule has 28 heavy (non-hydrogen) atoms. The van der Waals surface area contributed by atoms with Crippen molar-refractivity contribution in [2.24, 2.45) is 0 Å². The number of methoxy groups -OCH3 is 2. The molecular weight excluding hydrogens is 386 g/mol. The summed E-state index contributed by atoms with van der Waals surface area (Å²) in [6.07, 6.45) is 0. The highest BCUT2D eigenvalue weighted by Gasteiger charge is 2.14. The summed E-state index contributed by atoms with van der Waals surface area (Å²) in [7, 11) is 2.99. The fraction of sp³-hybridized carbons (Fsp3) is 0.333. The number of hydrogen-bond acceptors (Lipinski definition) is 9. The first-order valence-corrected chi connectivity index (χ1v) is 9.23. The Bertz CT molecular complexity index is 1050. The number of fused-ring (bicyclic) bond motifs is 1. The lowest BCUT2D eigenvalue weighted by Crippen LogP contribution is -2.16. The number of rotatable bonds is 8. The first-order chi connectivity index (χ1) is 13.5. The molecular formula is C18H19N3O6S. The summed E-state index contributed by atoms with van der Waals surface area (Å²) in [4.78, 5) is 29.3. The van der Waals surface area contributed by atoms with Crippen LogP contribution in [0.3, 0.4) is 0 Å². The normalized spacial score (nSPS) is 10.8. The average molecular weight is 405 g/mol. The molecule has 1 aromatic carbocycles. The molecule has 0 aliphatic heterocycles. The minimum absolute atomic E-state index is 0.141. The number of ether oxygens (including phenoxy) is 4. The molecule has 0 radical (unpaired) electrons. The number of benzene rings is 1. The number of nitrogens with zero attached hydrogens (tertiary/aromatic N) is 3. The second-order valence-corrected chi connectivity index (χ2v) is 6.60. The fourth-order valence-electron chi connectivity index (χ4n) is 2.40. The van der Waals surface area contributed by atoms with Crippen LogP contribution in [0.1, 0.15) is 28.0 Å². The first-order valence-electron chi connectivity index (χ1n) is 8.41. The molecule has 0 saturated carbocycles. The van der Waals surface area contributed by atoms with Crippen LogP contribution in [0.4, 0.5) is 0 Å². The van der Waals surface area contributed by atoms with E-state index in [4.69, 9.17) is 18.9 Å². The lowest BCUT2D eigenvalue weighted by Gasteiger charge is -2.09. The van der Waals surface area contributed by atoms with Crippen LogP contribution in [0.5, 0.6) is 11.5 Å². The van der Waals surface area contributed by atoms with Crippen LogP contribution in [0.25, 0.3) is 4.96 Å². The third kappa shape index (κ3) is 4.29. The summed E-state index contributed by atoms with van der Waals surface area (Å²) in [5.74, 6) is 0.359. The fourth-order valence-corrected chi connectivity index (χ4v) is 3.26. The van der Waals surface area contributed by atoms with Crippen LogP contribution in [0.15, 0.2) is 29.1 Å². The SMILES string of the molecule is CCOCc1nn2c(=O)cc(COC(=O)c3ccc(OC)c(OC)c3)nc2s1. The van der Waals surface area contributed by atoms with Gasteiger partial charge in [-0.15, -0.1) is 0 Å². The first kappa shape index (κ1) is 19.8. The molecule has 0 N–H and O–H groups in total. The molecule has 0 saturated heterocycles. The Hall–Kier alpha value is -2.98. The second kappa shape index (κ2) is 8.81. The summed E-state index contributed by atoms with van der Waals surface area (Å²) in [5, 5.41) is 4.82. The second-order valence-electron chi connectivity index (χ2n) is 5.56. The molecule has 9 nitrogen and oxygen atoms in total. The van der Waals surface area contributed by atoms with E-state index in [1.807, 2.05) is 6.92 Å². The predicted molar refractivity (Wildman–Crippen MR) is 101 cm³/mol. The van der Waals surface area contributed by atoms with Crippen LogP contribution < -0.4 is 15.0 Å². The molecule has 0 atom stereocenters. The van der Waals surface area contributed by atoms with E-state index in [-0.39, 0.29) is 12.2 Å². The number of carbonyl (C=O) groups excluding carboxylic acids is 1. The minimum atomic E-state index is -0.565. The van der Waals surface area contributed by atoms with E-state index in [1.54, 1.807) is 12.1 Å². The lowest BCUT2D eigenvalue weighted by molar-refractivity contribution is 0.0467. The Kier molecular flexibility index (Phi) is 6.22. The van der Waals surface area contributed by atoms with Crippen molar-refractivity contribution in [3.05, 3.63) is 50.9 Å². The molecule has 0 aliphatic rings. The van der Waals surface area contributed by atoms with E-state index in [9.17, 15) is 9.59 Å². The molecule has 2 heterocycles. The van der Waals surface area contributed by atoms with Gasteiger partial charge in [0.05, 0.1) is 25.5 Å². The molecule has 2 aromatic heterocycles. The minimum Gasteiger partial charge on any atom is -0.493 e. The third-order valence-electron chi connectivity index (χ3n) is 3.74. The van der Waals surface area contributed by atoms with E-state index in [0.717, 1.165) is 0 Å². The van der Waals surface area contributed by atoms with Gasteiger partial charge in [0, 0.05) is 12.7 Å². The molecule has 0 fully saturated rings. The molecule has 0 aliphatic carbocycles. The van der Waals surface area contributed by atoms with Gasteiger partial charge in [-0.05, 0) is 25.1 Å². The van der Waals surface area contributed by atoms with Gasteiger partial charge in [-0.3, -0.25) is 4.79 Å². The van der Waals surface area contributed by atoms with E-state index in [2.05, 4.69) is 10.1 Å². The van der Waals surface area contributed by atoms with Crippen molar-refractivity contribution in [1.29, 1.82) is 0 Å². The highest BCUT2D eigenvalue weighted by molar-refractivity contribution is 7.16. The quantitative estimate of drug-likeness (QED) is 0.525. The molecule has 3 rings (SSSR count). The summed E-state index contributed by atoms with van der Waals surface area (Å²) in [6.45, 7) is 2.60. The standard InChI is InChI=1S/C18H19N3O6S/c1-4-26-10-15-20-21-16(22)8-12(19-18(21)28-15)9-27-17(23)11-5-6-13(24-2)14(7-11)25-3/h5-8H,4,9-10H2,1-3H3. The van der Waals surface area contributed by atoms with Gasteiger partial charge in [0.25, 0.3) is 5.56 Å². The van der Waals surface area contributed by atoms with Crippen LogP contribution in [-0.2, 0) is 22.7 Å². The third-order valence-corrected chi connectivity index (χ3v) is 4.62. The smallest absolute Gasteiger partial charge is 0.338 e. The van der Waals surface area contributed by atoms with E-state index < -0.39 is 5.97 Å². The monoisotopic (exact) mass is 405 g/mol. The van der Waals surface area contributed by atoms with E-state index in [0.29, 0.717) is 45.9 Å². The van der Waals surface area contributed by atoms with Crippen molar-refractivity contribution in [3.8, 4) is 11.5 Å². The van der Waals surface area contributed by atoms with Gasteiger partial charge in [0.2, 0.25) is 4.96 Å². The van der Waals surface area contributed by atoms with Gasteiger partial charge in [-0.1, -0.05) is 11.3 Å². The topological polar surface area (TPSA) is 101 Å². The zero-order valence-electron chi connectivity index (χ0n) is 15.6. The molecule has 3 aromatic rings. The molecule has 10 heteroatoms. The maximum Gasteiger partial charge on any atom is 0.338 e. The largest absolute Gasteiger partial charge is 0.493 e. The van der Waals surface area contributed by atoms with E-state index in [1.165, 1.54) is 42.2 Å². The van der Waals surface area contributed by atoms with Gasteiger partial charge < -0.3 is 18.9 Å². The van der Waals surface area contributed by atoms with Crippen molar-refractivity contribution >= 4 is 22.3 Å². The Labute approximate surface area is 164 Å². The zero-order valence-corrected chi connectivity index (χ0v) is 16.4. The van der Waals surface area contributed by atoms with Gasteiger partial charge >= 0.3 is 5.97 Å². The van der Waals surface area contributed by atoms with Gasteiger partial charge in [-0.2, -0.15) is 9.61 Å². The molecule has 0 bridgehead atoms. The van der Waals surface area contributed by atoms with Crippen LogP contribution >= 0.6 is 11.3 Å². The number of esters is 1. The Morgan fingerprint density at radius 2 is 1.93 bits per heavy atom. The summed E-state index contributed by atoms with van der Waals surface area (Å²) in [6, 6.07) is 6.00. The van der Waals surface area contributed by atoms with Crippen LogP contribution in [0, 0.1) is 0 Å². The predicted octanol–water partition coefficient (Wildman–Crippen LogP) is 2.06. The molecule has 0 spiro atoms. The van der Waals surface area contributed by atoms with Crippen molar-refractivity contribution < 1.29 is 23.7 Å². The summed E-state index contributed by atoms with van der Waals surface area (Å²) in [5.41, 5.74) is 0.291.